The van der Waals surface area contributed by atoms with Crippen molar-refractivity contribution in [3.63, 3.8) is 0 Å². The number of fused-ring (bicyclic) bond motifs is 2. The SMILES string of the molecule is C[C@H]1CC(C)(C)N(C)c2cc(Cl)c(/C=C3\C(=O)NC(=O)N(c4ccc5c(c4)OCO5)C3=O)cc21. The molecule has 176 valence electrons. The molecular formula is C25H24ClN3O5. The second-order valence-electron chi connectivity index (χ2n) is 9.40. The van der Waals surface area contributed by atoms with Crippen LogP contribution >= 0.6 is 11.6 Å². The van der Waals surface area contributed by atoms with E-state index in [-0.39, 0.29) is 29.5 Å². The molecule has 0 aromatic heterocycles. The van der Waals surface area contributed by atoms with Gasteiger partial charge in [-0.2, -0.15) is 0 Å². The molecule has 3 aliphatic rings. The maximum absolute atomic E-state index is 13.3. The first kappa shape index (κ1) is 22.3. The molecule has 2 aromatic rings. The summed E-state index contributed by atoms with van der Waals surface area (Å²) in [6, 6.07) is 7.65. The van der Waals surface area contributed by atoms with Crippen molar-refractivity contribution in [1.82, 2.24) is 5.32 Å². The average Bonchev–Trinajstić information content (AvgIpc) is 3.23. The van der Waals surface area contributed by atoms with E-state index in [0.29, 0.717) is 22.1 Å². The zero-order chi connectivity index (χ0) is 24.4. The summed E-state index contributed by atoms with van der Waals surface area (Å²) in [5, 5.41) is 2.65. The van der Waals surface area contributed by atoms with Crippen LogP contribution in [0.5, 0.6) is 11.5 Å². The first-order valence-electron chi connectivity index (χ1n) is 11.0. The highest BCUT2D eigenvalue weighted by Gasteiger charge is 2.38. The Kier molecular flexibility index (Phi) is 5.09. The van der Waals surface area contributed by atoms with Crippen LogP contribution < -0.4 is 24.6 Å². The molecule has 8 nitrogen and oxygen atoms in total. The minimum Gasteiger partial charge on any atom is -0.454 e. The van der Waals surface area contributed by atoms with Crippen LogP contribution in [0.1, 0.15) is 44.2 Å². The topological polar surface area (TPSA) is 88.2 Å². The van der Waals surface area contributed by atoms with E-state index in [9.17, 15) is 14.4 Å². The van der Waals surface area contributed by atoms with Crippen molar-refractivity contribution in [3.8, 4) is 11.5 Å². The Hall–Kier alpha value is -3.52. The zero-order valence-electron chi connectivity index (χ0n) is 19.3. The zero-order valence-corrected chi connectivity index (χ0v) is 20.0. The van der Waals surface area contributed by atoms with Crippen LogP contribution in [0.4, 0.5) is 16.2 Å². The largest absolute Gasteiger partial charge is 0.454 e. The summed E-state index contributed by atoms with van der Waals surface area (Å²) in [5.41, 5.74) is 2.70. The molecule has 3 aliphatic heterocycles. The maximum atomic E-state index is 13.3. The van der Waals surface area contributed by atoms with E-state index in [1.807, 2.05) is 19.2 Å². The highest BCUT2D eigenvalue weighted by Crippen LogP contribution is 2.44. The van der Waals surface area contributed by atoms with E-state index in [1.165, 1.54) is 12.1 Å². The number of urea groups is 1. The van der Waals surface area contributed by atoms with Gasteiger partial charge in [-0.1, -0.05) is 18.5 Å². The normalized spacial score (nSPS) is 22.2. The van der Waals surface area contributed by atoms with E-state index in [1.54, 1.807) is 12.1 Å². The molecule has 34 heavy (non-hydrogen) atoms. The number of hydrogen-bond acceptors (Lipinski definition) is 6. The first-order valence-corrected chi connectivity index (χ1v) is 11.3. The molecule has 0 bridgehead atoms. The molecule has 0 aliphatic carbocycles. The Labute approximate surface area is 202 Å². The molecule has 2 aromatic carbocycles. The smallest absolute Gasteiger partial charge is 0.335 e. The summed E-state index contributed by atoms with van der Waals surface area (Å²) in [6.07, 6.45) is 2.39. The summed E-state index contributed by atoms with van der Waals surface area (Å²) >= 11 is 6.60. The molecular weight excluding hydrogens is 458 g/mol. The minimum atomic E-state index is -0.833. The fourth-order valence-corrected chi connectivity index (χ4v) is 5.00. The number of amides is 4. The summed E-state index contributed by atoms with van der Waals surface area (Å²) in [7, 11) is 2.03. The van der Waals surface area contributed by atoms with Gasteiger partial charge in [0.25, 0.3) is 11.8 Å². The lowest BCUT2D eigenvalue weighted by Gasteiger charge is -2.45. The Bertz CT molecular complexity index is 1290. The van der Waals surface area contributed by atoms with Gasteiger partial charge < -0.3 is 14.4 Å². The molecule has 1 fully saturated rings. The lowest BCUT2D eigenvalue weighted by Crippen LogP contribution is -2.54. The molecule has 5 rings (SSSR count). The number of rotatable bonds is 2. The van der Waals surface area contributed by atoms with Crippen molar-refractivity contribution in [2.45, 2.75) is 38.6 Å². The number of nitrogens with one attached hydrogen (secondary N) is 1. The number of benzene rings is 2. The molecule has 0 radical (unpaired) electrons. The van der Waals surface area contributed by atoms with Crippen LogP contribution in [-0.2, 0) is 9.59 Å². The Morgan fingerprint density at radius 1 is 1.12 bits per heavy atom. The lowest BCUT2D eigenvalue weighted by atomic mass is 9.80. The van der Waals surface area contributed by atoms with Gasteiger partial charge in [0.15, 0.2) is 11.5 Å². The van der Waals surface area contributed by atoms with Crippen molar-refractivity contribution >= 4 is 46.9 Å². The Morgan fingerprint density at radius 2 is 1.85 bits per heavy atom. The van der Waals surface area contributed by atoms with Crippen molar-refractivity contribution < 1.29 is 23.9 Å². The number of barbiturate groups is 1. The number of carbonyl (C=O) groups is 3. The number of ether oxygens (including phenoxy) is 2. The Morgan fingerprint density at radius 3 is 2.62 bits per heavy atom. The second-order valence-corrected chi connectivity index (χ2v) is 9.81. The summed E-state index contributed by atoms with van der Waals surface area (Å²) in [5.74, 6) is -0.319. The standard InChI is InChI=1S/C25H24ClN3O5/c1-13-11-25(2,3)28(4)19-10-18(26)14(7-16(13)19)8-17-22(30)27-24(32)29(23(17)31)15-5-6-20-21(9-15)34-12-33-20/h5-10,13H,11-12H2,1-4H3,(H,27,30,32)/b17-8+/t13-/m0/s1. The third kappa shape index (κ3) is 3.49. The summed E-state index contributed by atoms with van der Waals surface area (Å²) < 4.78 is 10.6. The number of anilines is 2. The first-order chi connectivity index (χ1) is 16.1. The van der Waals surface area contributed by atoms with Gasteiger partial charge in [0.1, 0.15) is 5.57 Å². The van der Waals surface area contributed by atoms with E-state index < -0.39 is 17.8 Å². The van der Waals surface area contributed by atoms with Crippen LogP contribution in [0.25, 0.3) is 6.08 Å². The molecule has 0 saturated carbocycles. The van der Waals surface area contributed by atoms with Crippen molar-refractivity contribution in [1.29, 1.82) is 0 Å². The van der Waals surface area contributed by atoms with Gasteiger partial charge in [-0.15, -0.1) is 0 Å². The monoisotopic (exact) mass is 481 g/mol. The minimum absolute atomic E-state index is 0.0274. The lowest BCUT2D eigenvalue weighted by molar-refractivity contribution is -0.122. The number of carbonyl (C=O) groups excluding carboxylic acids is 3. The maximum Gasteiger partial charge on any atom is 0.335 e. The van der Waals surface area contributed by atoms with Gasteiger partial charge in [0.2, 0.25) is 6.79 Å². The van der Waals surface area contributed by atoms with Crippen LogP contribution in [0.15, 0.2) is 35.9 Å². The predicted octanol–water partition coefficient (Wildman–Crippen LogP) is 4.46. The molecule has 1 saturated heterocycles. The molecule has 0 spiro atoms. The summed E-state index contributed by atoms with van der Waals surface area (Å²) in [6.45, 7) is 6.58. The second kappa shape index (κ2) is 7.77. The quantitative estimate of drug-likeness (QED) is 0.503. The van der Waals surface area contributed by atoms with E-state index in [2.05, 4.69) is 31.0 Å². The highest BCUT2D eigenvalue weighted by molar-refractivity contribution is 6.40. The predicted molar refractivity (Wildman–Crippen MR) is 129 cm³/mol. The third-order valence-corrected chi connectivity index (χ3v) is 7.10. The van der Waals surface area contributed by atoms with E-state index in [0.717, 1.165) is 22.6 Å². The molecule has 4 amide bonds. The number of imide groups is 2. The highest BCUT2D eigenvalue weighted by atomic mass is 35.5. The van der Waals surface area contributed by atoms with Crippen LogP contribution in [-0.4, -0.2) is 37.2 Å². The van der Waals surface area contributed by atoms with Gasteiger partial charge in [-0.3, -0.25) is 14.9 Å². The van der Waals surface area contributed by atoms with Crippen LogP contribution in [0, 0.1) is 0 Å². The van der Waals surface area contributed by atoms with Crippen molar-refractivity contribution in [3.05, 3.63) is 52.1 Å². The molecule has 1 N–H and O–H groups in total. The molecule has 0 unspecified atom stereocenters. The Balaban J connectivity index is 1.54. The van der Waals surface area contributed by atoms with Crippen LogP contribution in [0.2, 0.25) is 5.02 Å². The van der Waals surface area contributed by atoms with E-state index >= 15 is 0 Å². The van der Waals surface area contributed by atoms with Gasteiger partial charge in [-0.05, 0) is 67.7 Å². The van der Waals surface area contributed by atoms with Crippen molar-refractivity contribution in [2.24, 2.45) is 0 Å². The molecule has 3 heterocycles. The number of nitrogens with zero attached hydrogens (tertiary/aromatic N) is 2. The van der Waals surface area contributed by atoms with Gasteiger partial charge in [0.05, 0.1) is 5.69 Å². The van der Waals surface area contributed by atoms with Gasteiger partial charge in [0, 0.05) is 29.4 Å². The fraction of sp³-hybridized carbons (Fsp3) is 0.320. The van der Waals surface area contributed by atoms with Crippen molar-refractivity contribution in [2.75, 3.05) is 23.6 Å². The van der Waals surface area contributed by atoms with E-state index in [4.69, 9.17) is 21.1 Å². The fourth-order valence-electron chi connectivity index (χ4n) is 4.79. The van der Waals surface area contributed by atoms with Gasteiger partial charge >= 0.3 is 6.03 Å². The number of halogens is 1. The third-order valence-electron chi connectivity index (χ3n) is 6.77. The molecule has 1 atom stereocenters. The number of hydrogen-bond donors (Lipinski definition) is 1. The van der Waals surface area contributed by atoms with Crippen LogP contribution in [0.3, 0.4) is 0 Å². The molecule has 9 heteroatoms. The van der Waals surface area contributed by atoms with Gasteiger partial charge in [-0.25, -0.2) is 9.69 Å². The summed E-state index contributed by atoms with van der Waals surface area (Å²) in [4.78, 5) is 41.6. The average molecular weight is 482 g/mol.